The third-order valence-electron chi connectivity index (χ3n) is 4.05. The Bertz CT molecular complexity index is 609. The average Bonchev–Trinajstić information content (AvgIpc) is 2.55. The fraction of sp³-hybridized carbons (Fsp3) is 0.471. The van der Waals surface area contributed by atoms with Crippen LogP contribution in [0.25, 0.3) is 0 Å². The zero-order valence-corrected chi connectivity index (χ0v) is 13.2. The number of para-hydroxylation sites is 1. The predicted octanol–water partition coefficient (Wildman–Crippen LogP) is 2.34. The van der Waals surface area contributed by atoms with E-state index in [1.165, 1.54) is 6.42 Å². The zero-order chi connectivity index (χ0) is 16.7. The highest BCUT2D eigenvalue weighted by atomic mass is 16.5. The molecule has 0 radical (unpaired) electrons. The van der Waals surface area contributed by atoms with Crippen molar-refractivity contribution < 1.29 is 14.3 Å². The highest BCUT2D eigenvalue weighted by molar-refractivity contribution is 5.95. The van der Waals surface area contributed by atoms with Crippen molar-refractivity contribution in [1.29, 1.82) is 5.26 Å². The number of hydrogen-bond donors (Lipinski definition) is 2. The van der Waals surface area contributed by atoms with Crippen molar-refractivity contribution in [1.82, 2.24) is 10.6 Å². The first-order chi connectivity index (χ1) is 11.1. The number of hydrogen-bond acceptors (Lipinski definition) is 4. The van der Waals surface area contributed by atoms with Gasteiger partial charge in [0.1, 0.15) is 11.8 Å². The second-order valence-corrected chi connectivity index (χ2v) is 5.79. The van der Waals surface area contributed by atoms with E-state index in [1.807, 2.05) is 6.07 Å². The van der Waals surface area contributed by atoms with Crippen LogP contribution in [-0.4, -0.2) is 24.6 Å². The molecule has 0 aliphatic heterocycles. The number of nitrogens with zero attached hydrogens (tertiary/aromatic N) is 1. The van der Waals surface area contributed by atoms with Crippen LogP contribution in [-0.2, 0) is 4.79 Å². The topological polar surface area (TPSA) is 91.2 Å². The predicted molar refractivity (Wildman–Crippen MR) is 84.7 cm³/mol. The van der Waals surface area contributed by atoms with Gasteiger partial charge in [-0.1, -0.05) is 31.9 Å². The molecular weight excluding hydrogens is 294 g/mol. The maximum Gasteiger partial charge on any atom is 0.321 e. The summed E-state index contributed by atoms with van der Waals surface area (Å²) in [6, 6.07) is 8.23. The Morgan fingerprint density at radius 2 is 2.04 bits per heavy atom. The van der Waals surface area contributed by atoms with Crippen molar-refractivity contribution >= 4 is 11.9 Å². The number of ether oxygens (including phenoxy) is 1. The van der Waals surface area contributed by atoms with E-state index in [0.717, 1.165) is 19.3 Å². The molecule has 6 heteroatoms. The maximum atomic E-state index is 11.9. The van der Waals surface area contributed by atoms with Crippen molar-refractivity contribution in [3.8, 4) is 11.8 Å². The van der Waals surface area contributed by atoms with E-state index in [4.69, 9.17) is 10.00 Å². The third kappa shape index (κ3) is 4.99. The Morgan fingerprint density at radius 3 is 2.78 bits per heavy atom. The third-order valence-corrected chi connectivity index (χ3v) is 4.05. The summed E-state index contributed by atoms with van der Waals surface area (Å²) >= 11 is 0. The molecule has 1 aromatic rings. The molecule has 2 unspecified atom stereocenters. The summed E-state index contributed by atoms with van der Waals surface area (Å²) in [6.45, 7) is 1.79. The summed E-state index contributed by atoms with van der Waals surface area (Å²) in [5.74, 6) is 0.202. The summed E-state index contributed by atoms with van der Waals surface area (Å²) in [5, 5.41) is 14.0. The van der Waals surface area contributed by atoms with Gasteiger partial charge in [0.25, 0.3) is 5.91 Å². The van der Waals surface area contributed by atoms with E-state index >= 15 is 0 Å². The van der Waals surface area contributed by atoms with Gasteiger partial charge >= 0.3 is 6.03 Å². The van der Waals surface area contributed by atoms with E-state index in [0.29, 0.717) is 17.2 Å². The van der Waals surface area contributed by atoms with Crippen LogP contribution in [0.4, 0.5) is 4.79 Å². The van der Waals surface area contributed by atoms with E-state index in [1.54, 1.807) is 24.3 Å². The summed E-state index contributed by atoms with van der Waals surface area (Å²) in [6.07, 6.45) is 4.31. The van der Waals surface area contributed by atoms with Crippen LogP contribution in [0.2, 0.25) is 0 Å². The molecule has 6 nitrogen and oxygen atoms in total. The van der Waals surface area contributed by atoms with Crippen LogP contribution in [0, 0.1) is 17.2 Å². The molecule has 2 atom stereocenters. The number of nitrogens with one attached hydrogen (secondary N) is 2. The van der Waals surface area contributed by atoms with Gasteiger partial charge in [0.2, 0.25) is 0 Å². The van der Waals surface area contributed by atoms with Gasteiger partial charge in [-0.3, -0.25) is 10.1 Å². The summed E-state index contributed by atoms with van der Waals surface area (Å²) in [7, 11) is 0. The summed E-state index contributed by atoms with van der Waals surface area (Å²) in [4.78, 5) is 23.6. The SMILES string of the molecule is CC1CCCCC1NC(=O)NC(=O)COc1ccccc1C#N. The molecule has 3 amide bonds. The highest BCUT2D eigenvalue weighted by Crippen LogP contribution is 2.23. The monoisotopic (exact) mass is 315 g/mol. The normalized spacial score (nSPS) is 20.2. The molecule has 23 heavy (non-hydrogen) atoms. The molecule has 2 rings (SSSR count). The minimum absolute atomic E-state index is 0.108. The van der Waals surface area contributed by atoms with Crippen LogP contribution < -0.4 is 15.4 Å². The molecule has 1 aliphatic carbocycles. The van der Waals surface area contributed by atoms with Crippen molar-refractivity contribution in [2.45, 2.75) is 38.6 Å². The Hall–Kier alpha value is -2.55. The second kappa shape index (κ2) is 8.18. The quantitative estimate of drug-likeness (QED) is 0.892. The van der Waals surface area contributed by atoms with E-state index in [9.17, 15) is 9.59 Å². The van der Waals surface area contributed by atoms with Gasteiger partial charge in [-0.05, 0) is 30.9 Å². The first kappa shape index (κ1) is 16.8. The molecule has 0 aromatic heterocycles. The summed E-state index contributed by atoms with van der Waals surface area (Å²) in [5.41, 5.74) is 0.348. The maximum absolute atomic E-state index is 11.9. The van der Waals surface area contributed by atoms with Crippen LogP contribution in [0.15, 0.2) is 24.3 Å². The molecule has 0 saturated heterocycles. The molecule has 0 bridgehead atoms. The number of carbonyl (C=O) groups excluding carboxylic acids is 2. The smallest absolute Gasteiger partial charge is 0.321 e. The van der Waals surface area contributed by atoms with Gasteiger partial charge < -0.3 is 10.1 Å². The van der Waals surface area contributed by atoms with Gasteiger partial charge in [0.05, 0.1) is 5.56 Å². The van der Waals surface area contributed by atoms with Crippen molar-refractivity contribution in [3.63, 3.8) is 0 Å². The fourth-order valence-corrected chi connectivity index (χ4v) is 2.73. The number of urea groups is 1. The number of imide groups is 1. The molecule has 122 valence electrons. The highest BCUT2D eigenvalue weighted by Gasteiger charge is 2.23. The number of rotatable bonds is 4. The molecule has 2 N–H and O–H groups in total. The molecule has 1 aromatic carbocycles. The van der Waals surface area contributed by atoms with Crippen LogP contribution >= 0.6 is 0 Å². The van der Waals surface area contributed by atoms with Crippen molar-refractivity contribution in [3.05, 3.63) is 29.8 Å². The Kier molecular flexibility index (Phi) is 5.98. The fourth-order valence-electron chi connectivity index (χ4n) is 2.73. The first-order valence-corrected chi connectivity index (χ1v) is 7.82. The average molecular weight is 315 g/mol. The number of benzene rings is 1. The van der Waals surface area contributed by atoms with Crippen molar-refractivity contribution in [2.24, 2.45) is 5.92 Å². The molecule has 1 aliphatic rings. The molecule has 1 fully saturated rings. The van der Waals surface area contributed by atoms with E-state index in [2.05, 4.69) is 17.6 Å². The van der Waals surface area contributed by atoms with Gasteiger partial charge in [-0.2, -0.15) is 5.26 Å². The van der Waals surface area contributed by atoms with Gasteiger partial charge in [0, 0.05) is 6.04 Å². The van der Waals surface area contributed by atoms with Gasteiger partial charge in [-0.15, -0.1) is 0 Å². The van der Waals surface area contributed by atoms with Crippen LogP contribution in [0.1, 0.15) is 38.2 Å². The minimum Gasteiger partial charge on any atom is -0.482 e. The molecule has 1 saturated carbocycles. The van der Waals surface area contributed by atoms with Crippen LogP contribution in [0.3, 0.4) is 0 Å². The first-order valence-electron chi connectivity index (χ1n) is 7.82. The van der Waals surface area contributed by atoms with E-state index in [-0.39, 0.29) is 12.6 Å². The molecular formula is C17H21N3O3. The standard InChI is InChI=1S/C17H21N3O3/c1-12-6-2-4-8-14(12)19-17(22)20-16(21)11-23-15-9-5-3-7-13(15)10-18/h3,5,7,9,12,14H,2,4,6,8,11H2,1H3,(H2,19,20,21,22). The van der Waals surface area contributed by atoms with E-state index < -0.39 is 11.9 Å². The zero-order valence-electron chi connectivity index (χ0n) is 13.2. The lowest BCUT2D eigenvalue weighted by Crippen LogP contribution is -2.48. The second-order valence-electron chi connectivity index (χ2n) is 5.79. The Balaban J connectivity index is 1.78. The minimum atomic E-state index is -0.543. The lowest BCUT2D eigenvalue weighted by atomic mass is 9.86. The Labute approximate surface area is 135 Å². The summed E-state index contributed by atoms with van der Waals surface area (Å²) < 4.78 is 5.29. The lowest BCUT2D eigenvalue weighted by Gasteiger charge is -2.29. The number of nitriles is 1. The molecule has 0 heterocycles. The lowest BCUT2D eigenvalue weighted by molar-refractivity contribution is -0.122. The molecule has 0 spiro atoms. The number of amides is 3. The largest absolute Gasteiger partial charge is 0.482 e. The number of carbonyl (C=O) groups is 2. The van der Waals surface area contributed by atoms with Gasteiger partial charge in [0.15, 0.2) is 6.61 Å². The van der Waals surface area contributed by atoms with Gasteiger partial charge in [-0.25, -0.2) is 4.79 Å². The van der Waals surface area contributed by atoms with Crippen molar-refractivity contribution in [2.75, 3.05) is 6.61 Å². The Morgan fingerprint density at radius 1 is 1.30 bits per heavy atom. The van der Waals surface area contributed by atoms with Crippen LogP contribution in [0.5, 0.6) is 5.75 Å².